The van der Waals surface area contributed by atoms with Crippen molar-refractivity contribution in [3.8, 4) is 0 Å². The van der Waals surface area contributed by atoms with Crippen LogP contribution in [0, 0.1) is 31.6 Å². The Kier molecular flexibility index (Phi) is 8.15. The topological polar surface area (TPSA) is 51.2 Å². The highest BCUT2D eigenvalue weighted by atomic mass is 16.1. The third-order valence-corrected chi connectivity index (χ3v) is 6.48. The van der Waals surface area contributed by atoms with Gasteiger partial charge in [-0.1, -0.05) is 45.7 Å². The molecule has 0 spiro atoms. The van der Waals surface area contributed by atoms with Gasteiger partial charge in [0.05, 0.1) is 6.42 Å². The molecule has 1 aliphatic rings. The van der Waals surface area contributed by atoms with Gasteiger partial charge in [-0.2, -0.15) is 0 Å². The van der Waals surface area contributed by atoms with Crippen LogP contribution < -0.4 is 0 Å². The molecule has 0 aromatic heterocycles. The van der Waals surface area contributed by atoms with E-state index in [1.54, 1.807) is 0 Å². The standard InChI is InChI=1S/C25H36O3/c1-6-9-19(21(8-3)23(27)15-20(26)7-2)12-18-13-22-16(4)10-11-17(5)25(22)24(28)14-18/h10-11,18-19,21H,6-9,12-15H2,1-5H3. The third-order valence-electron chi connectivity index (χ3n) is 6.48. The zero-order valence-electron chi connectivity index (χ0n) is 18.3. The molecule has 0 saturated carbocycles. The van der Waals surface area contributed by atoms with Crippen molar-refractivity contribution in [2.24, 2.45) is 17.8 Å². The lowest BCUT2D eigenvalue weighted by atomic mass is 9.71. The van der Waals surface area contributed by atoms with E-state index in [9.17, 15) is 14.4 Å². The van der Waals surface area contributed by atoms with E-state index in [1.807, 2.05) is 19.9 Å². The van der Waals surface area contributed by atoms with Crippen molar-refractivity contribution in [2.45, 2.75) is 86.0 Å². The van der Waals surface area contributed by atoms with Gasteiger partial charge < -0.3 is 0 Å². The van der Waals surface area contributed by atoms with Crippen LogP contribution in [0.4, 0.5) is 0 Å². The van der Waals surface area contributed by atoms with Crippen LogP contribution in [-0.4, -0.2) is 17.3 Å². The van der Waals surface area contributed by atoms with Gasteiger partial charge in [-0.05, 0) is 61.6 Å². The number of aryl methyl sites for hydroxylation is 2. The van der Waals surface area contributed by atoms with Gasteiger partial charge in [0, 0.05) is 24.3 Å². The summed E-state index contributed by atoms with van der Waals surface area (Å²) >= 11 is 0. The highest BCUT2D eigenvalue weighted by molar-refractivity contribution is 6.01. The molecule has 28 heavy (non-hydrogen) atoms. The number of carbonyl (C=O) groups excluding carboxylic acids is 3. The van der Waals surface area contributed by atoms with Crippen LogP contribution in [-0.2, 0) is 16.0 Å². The smallest absolute Gasteiger partial charge is 0.163 e. The average molecular weight is 385 g/mol. The van der Waals surface area contributed by atoms with E-state index >= 15 is 0 Å². The summed E-state index contributed by atoms with van der Waals surface area (Å²) in [5, 5.41) is 0. The van der Waals surface area contributed by atoms with Gasteiger partial charge in [-0.3, -0.25) is 14.4 Å². The number of fused-ring (bicyclic) bond motifs is 1. The lowest BCUT2D eigenvalue weighted by molar-refractivity contribution is -0.130. The fourth-order valence-electron chi connectivity index (χ4n) is 4.97. The van der Waals surface area contributed by atoms with Crippen molar-refractivity contribution in [3.63, 3.8) is 0 Å². The summed E-state index contributed by atoms with van der Waals surface area (Å²) in [4.78, 5) is 37.4. The normalized spacial score (nSPS) is 18.5. The second kappa shape index (κ2) is 10.1. The number of rotatable bonds is 10. The molecule has 0 fully saturated rings. The Hall–Kier alpha value is -1.77. The van der Waals surface area contributed by atoms with Crippen LogP contribution in [0.1, 0.15) is 92.8 Å². The number of ketones is 3. The zero-order chi connectivity index (χ0) is 20.8. The Balaban J connectivity index is 2.19. The highest BCUT2D eigenvalue weighted by Gasteiger charge is 2.33. The minimum atomic E-state index is -0.0643. The van der Waals surface area contributed by atoms with Crippen molar-refractivity contribution in [2.75, 3.05) is 0 Å². The maximum absolute atomic E-state index is 12.9. The van der Waals surface area contributed by atoms with Crippen LogP contribution in [0.15, 0.2) is 12.1 Å². The van der Waals surface area contributed by atoms with Crippen molar-refractivity contribution in [1.82, 2.24) is 0 Å². The van der Waals surface area contributed by atoms with Gasteiger partial charge in [0.2, 0.25) is 0 Å². The van der Waals surface area contributed by atoms with Gasteiger partial charge in [0.1, 0.15) is 11.6 Å². The molecule has 0 aliphatic heterocycles. The van der Waals surface area contributed by atoms with E-state index in [2.05, 4.69) is 26.8 Å². The van der Waals surface area contributed by atoms with Crippen LogP contribution in [0.3, 0.4) is 0 Å². The van der Waals surface area contributed by atoms with Crippen LogP contribution >= 0.6 is 0 Å². The number of benzene rings is 1. The molecule has 1 aromatic rings. The maximum Gasteiger partial charge on any atom is 0.163 e. The number of hydrogen-bond acceptors (Lipinski definition) is 3. The van der Waals surface area contributed by atoms with E-state index in [1.165, 1.54) is 11.1 Å². The molecule has 1 aromatic carbocycles. The lowest BCUT2D eigenvalue weighted by Crippen LogP contribution is -2.30. The zero-order valence-corrected chi connectivity index (χ0v) is 18.3. The van der Waals surface area contributed by atoms with Crippen molar-refractivity contribution in [1.29, 1.82) is 0 Å². The second-order valence-corrected chi connectivity index (χ2v) is 8.58. The molecule has 0 N–H and O–H groups in total. The predicted octanol–water partition coefficient (Wildman–Crippen LogP) is 5.82. The molecule has 3 nitrogen and oxygen atoms in total. The van der Waals surface area contributed by atoms with Crippen molar-refractivity contribution >= 4 is 17.3 Å². The van der Waals surface area contributed by atoms with Gasteiger partial charge >= 0.3 is 0 Å². The predicted molar refractivity (Wildman–Crippen MR) is 114 cm³/mol. The van der Waals surface area contributed by atoms with Crippen LogP contribution in [0.2, 0.25) is 0 Å². The summed E-state index contributed by atoms with van der Waals surface area (Å²) in [6.07, 6.45) is 5.67. The minimum absolute atomic E-state index is 0.0339. The number of hydrogen-bond donors (Lipinski definition) is 0. The molecule has 0 amide bonds. The molecule has 3 unspecified atom stereocenters. The van der Waals surface area contributed by atoms with Gasteiger partial charge in [-0.15, -0.1) is 0 Å². The Labute approximate surface area is 170 Å². The molecule has 0 radical (unpaired) electrons. The average Bonchev–Trinajstić information content (AvgIpc) is 2.65. The van der Waals surface area contributed by atoms with Gasteiger partial charge in [0.15, 0.2) is 5.78 Å². The molecule has 3 atom stereocenters. The van der Waals surface area contributed by atoms with Gasteiger partial charge in [-0.25, -0.2) is 0 Å². The molecular formula is C25H36O3. The van der Waals surface area contributed by atoms with Crippen molar-refractivity contribution in [3.05, 3.63) is 34.4 Å². The molecular weight excluding hydrogens is 348 g/mol. The number of Topliss-reactive ketones (excluding diaryl/α,β-unsaturated/α-hetero) is 3. The van der Waals surface area contributed by atoms with E-state index in [-0.39, 0.29) is 35.6 Å². The quantitative estimate of drug-likeness (QED) is 0.478. The minimum Gasteiger partial charge on any atom is -0.299 e. The van der Waals surface area contributed by atoms with E-state index in [0.717, 1.165) is 43.2 Å². The first-order valence-corrected chi connectivity index (χ1v) is 11.0. The molecule has 0 bridgehead atoms. The summed E-state index contributed by atoms with van der Waals surface area (Å²) < 4.78 is 0. The SMILES string of the molecule is CCCC(CC1CC(=O)c2c(C)ccc(C)c2C1)C(CC)C(=O)CC(=O)CC. The molecule has 0 heterocycles. The molecule has 154 valence electrons. The van der Waals surface area contributed by atoms with Crippen LogP contribution in [0.25, 0.3) is 0 Å². The summed E-state index contributed by atoms with van der Waals surface area (Å²) in [6.45, 7) is 10.1. The summed E-state index contributed by atoms with van der Waals surface area (Å²) in [6, 6.07) is 4.16. The maximum atomic E-state index is 12.9. The molecule has 3 heteroatoms. The number of carbonyl (C=O) groups is 3. The van der Waals surface area contributed by atoms with E-state index in [0.29, 0.717) is 18.8 Å². The first-order chi connectivity index (χ1) is 13.3. The lowest BCUT2D eigenvalue weighted by Gasteiger charge is -2.32. The Morgan fingerprint density at radius 1 is 1.07 bits per heavy atom. The second-order valence-electron chi connectivity index (χ2n) is 8.58. The first-order valence-electron chi connectivity index (χ1n) is 11.0. The Bertz CT molecular complexity index is 732. The highest BCUT2D eigenvalue weighted by Crippen LogP contribution is 2.37. The van der Waals surface area contributed by atoms with E-state index in [4.69, 9.17) is 0 Å². The fourth-order valence-corrected chi connectivity index (χ4v) is 4.97. The van der Waals surface area contributed by atoms with Crippen LogP contribution in [0.5, 0.6) is 0 Å². The molecule has 1 aliphatic carbocycles. The third kappa shape index (κ3) is 5.18. The van der Waals surface area contributed by atoms with Crippen molar-refractivity contribution < 1.29 is 14.4 Å². The molecule has 2 rings (SSSR count). The van der Waals surface area contributed by atoms with E-state index < -0.39 is 0 Å². The summed E-state index contributed by atoms with van der Waals surface area (Å²) in [7, 11) is 0. The monoisotopic (exact) mass is 384 g/mol. The Morgan fingerprint density at radius 2 is 1.75 bits per heavy atom. The largest absolute Gasteiger partial charge is 0.299 e. The fraction of sp³-hybridized carbons (Fsp3) is 0.640. The Morgan fingerprint density at radius 3 is 2.36 bits per heavy atom. The van der Waals surface area contributed by atoms with Gasteiger partial charge in [0.25, 0.3) is 0 Å². The summed E-state index contributed by atoms with van der Waals surface area (Å²) in [5.74, 6) is 0.875. The molecule has 0 saturated heterocycles. The summed E-state index contributed by atoms with van der Waals surface area (Å²) in [5.41, 5.74) is 4.41. The first kappa shape index (κ1) is 22.5.